The van der Waals surface area contributed by atoms with Gasteiger partial charge in [-0.1, -0.05) is 103 Å². The Morgan fingerprint density at radius 3 is 1.84 bits per heavy atom. The minimum atomic E-state index is 1.16. The average Bonchev–Trinajstić information content (AvgIpc) is 3.63. The number of fused-ring (bicyclic) bond motifs is 7. The Balaban J connectivity index is 1.31. The van der Waals surface area contributed by atoms with Gasteiger partial charge in [0.15, 0.2) is 0 Å². The van der Waals surface area contributed by atoms with Crippen LogP contribution < -0.4 is 4.90 Å². The molecule has 202 valence electrons. The third-order valence-corrected chi connectivity index (χ3v) is 10.7. The molecule has 2 heterocycles. The fourth-order valence-electron chi connectivity index (χ4n) is 6.47. The molecule has 0 aliphatic rings. The second-order valence-corrected chi connectivity index (χ2v) is 13.1. The third kappa shape index (κ3) is 3.97. The van der Waals surface area contributed by atoms with E-state index in [1.807, 2.05) is 22.7 Å². The van der Waals surface area contributed by atoms with E-state index in [-0.39, 0.29) is 0 Å². The van der Waals surface area contributed by atoms with Crippen LogP contribution in [-0.4, -0.2) is 0 Å². The number of thiophene rings is 2. The first-order chi connectivity index (χ1) is 21.3. The number of nitrogens with zero attached hydrogens (tertiary/aromatic N) is 1. The lowest BCUT2D eigenvalue weighted by molar-refractivity contribution is 1.30. The SMILES string of the molecule is c1ccc(N(c2ccc3c(c2)sc2ccccc23)c2cccc3ccccc23)c(-c2ccc3sc4ccccc4c3c2)c1. The summed E-state index contributed by atoms with van der Waals surface area (Å²) in [6.45, 7) is 0. The van der Waals surface area contributed by atoms with Crippen LogP contribution in [0.4, 0.5) is 17.1 Å². The van der Waals surface area contributed by atoms with Crippen molar-refractivity contribution in [2.75, 3.05) is 4.90 Å². The molecular weight excluding hydrogens is 559 g/mol. The summed E-state index contributed by atoms with van der Waals surface area (Å²) >= 11 is 3.73. The van der Waals surface area contributed by atoms with E-state index in [9.17, 15) is 0 Å². The first-order valence-electron chi connectivity index (χ1n) is 14.5. The number of benzene rings is 7. The maximum absolute atomic E-state index is 2.46. The zero-order valence-corrected chi connectivity index (χ0v) is 24.8. The van der Waals surface area contributed by atoms with Crippen molar-refractivity contribution in [2.45, 2.75) is 0 Å². The summed E-state index contributed by atoms with van der Waals surface area (Å²) < 4.78 is 5.27. The van der Waals surface area contributed by atoms with Gasteiger partial charge in [0.2, 0.25) is 0 Å². The standard InChI is InChI=1S/C40H25NS2/c1-2-12-29-26(10-1)11-9-17-36(29)41(28-21-22-33-31-14-4-7-18-37(31)43-40(33)25-28)35-16-6-3-13-30(35)27-20-23-39-34(24-27)32-15-5-8-19-38(32)42-39/h1-25H. The van der Waals surface area contributed by atoms with Crippen LogP contribution in [0.5, 0.6) is 0 Å². The molecule has 0 atom stereocenters. The Morgan fingerprint density at radius 1 is 0.372 bits per heavy atom. The largest absolute Gasteiger partial charge is 0.309 e. The average molecular weight is 584 g/mol. The molecule has 43 heavy (non-hydrogen) atoms. The van der Waals surface area contributed by atoms with Crippen molar-refractivity contribution in [3.05, 3.63) is 152 Å². The predicted molar refractivity (Wildman–Crippen MR) is 190 cm³/mol. The van der Waals surface area contributed by atoms with E-state index in [0.29, 0.717) is 0 Å². The van der Waals surface area contributed by atoms with Crippen LogP contribution in [0.15, 0.2) is 152 Å². The number of para-hydroxylation sites is 1. The summed E-state index contributed by atoms with van der Waals surface area (Å²) in [5.41, 5.74) is 5.93. The van der Waals surface area contributed by atoms with Crippen LogP contribution in [0.3, 0.4) is 0 Å². The Hall–Kier alpha value is -4.96. The van der Waals surface area contributed by atoms with Crippen LogP contribution in [0, 0.1) is 0 Å². The Bertz CT molecular complexity index is 2480. The molecule has 3 heteroatoms. The van der Waals surface area contributed by atoms with Crippen molar-refractivity contribution in [3.63, 3.8) is 0 Å². The smallest absolute Gasteiger partial charge is 0.0540 e. The van der Waals surface area contributed by atoms with Gasteiger partial charge in [-0.05, 0) is 59.5 Å². The van der Waals surface area contributed by atoms with Gasteiger partial charge in [0.1, 0.15) is 0 Å². The fourth-order valence-corrected chi connectivity index (χ4v) is 8.70. The monoisotopic (exact) mass is 583 g/mol. The molecule has 0 radical (unpaired) electrons. The van der Waals surface area contributed by atoms with Crippen LogP contribution in [0.2, 0.25) is 0 Å². The molecule has 0 saturated heterocycles. The Morgan fingerprint density at radius 2 is 0.977 bits per heavy atom. The molecule has 2 aromatic heterocycles. The van der Waals surface area contributed by atoms with Gasteiger partial charge in [-0.2, -0.15) is 0 Å². The van der Waals surface area contributed by atoms with Crippen molar-refractivity contribution < 1.29 is 0 Å². The predicted octanol–water partition coefficient (Wildman–Crippen LogP) is 12.7. The van der Waals surface area contributed by atoms with Crippen molar-refractivity contribution in [1.82, 2.24) is 0 Å². The van der Waals surface area contributed by atoms with E-state index in [1.54, 1.807) is 0 Å². The van der Waals surface area contributed by atoms with Crippen molar-refractivity contribution >= 4 is 90.9 Å². The number of hydrogen-bond acceptors (Lipinski definition) is 3. The van der Waals surface area contributed by atoms with E-state index in [4.69, 9.17) is 0 Å². The highest BCUT2D eigenvalue weighted by Crippen LogP contribution is 2.46. The van der Waals surface area contributed by atoms with Crippen molar-refractivity contribution in [1.29, 1.82) is 0 Å². The van der Waals surface area contributed by atoms with Crippen molar-refractivity contribution in [3.8, 4) is 11.1 Å². The minimum absolute atomic E-state index is 1.16. The molecule has 0 N–H and O–H groups in total. The van der Waals surface area contributed by atoms with Crippen LogP contribution >= 0.6 is 22.7 Å². The second-order valence-electron chi connectivity index (χ2n) is 10.9. The molecule has 0 fully saturated rings. The number of anilines is 3. The topological polar surface area (TPSA) is 3.24 Å². The lowest BCUT2D eigenvalue weighted by Gasteiger charge is -2.29. The zero-order valence-electron chi connectivity index (χ0n) is 23.2. The first kappa shape index (κ1) is 24.6. The van der Waals surface area contributed by atoms with Crippen LogP contribution in [-0.2, 0) is 0 Å². The second kappa shape index (κ2) is 9.81. The van der Waals surface area contributed by atoms with E-state index < -0.39 is 0 Å². The van der Waals surface area contributed by atoms with Gasteiger partial charge >= 0.3 is 0 Å². The summed E-state index contributed by atoms with van der Waals surface area (Å²) in [4.78, 5) is 2.46. The fraction of sp³-hybridized carbons (Fsp3) is 0. The van der Waals surface area contributed by atoms with Gasteiger partial charge in [-0.3, -0.25) is 0 Å². The summed E-state index contributed by atoms with van der Waals surface area (Å²) in [5, 5.41) is 7.74. The molecular formula is C40H25NS2. The normalized spacial score (nSPS) is 11.7. The Labute approximate surface area is 257 Å². The molecule has 9 rings (SSSR count). The highest BCUT2D eigenvalue weighted by molar-refractivity contribution is 7.26. The number of rotatable bonds is 4. The van der Waals surface area contributed by atoms with Crippen LogP contribution in [0.1, 0.15) is 0 Å². The molecule has 7 aromatic carbocycles. The first-order valence-corrected chi connectivity index (χ1v) is 16.1. The summed E-state index contributed by atoms with van der Waals surface area (Å²) in [6, 6.07) is 55.5. The quantitative estimate of drug-likeness (QED) is 0.199. The van der Waals surface area contributed by atoms with Gasteiger partial charge in [-0.15, -0.1) is 22.7 Å². The maximum atomic E-state index is 2.46. The molecule has 9 aromatic rings. The molecule has 0 spiro atoms. The van der Waals surface area contributed by atoms with Gasteiger partial charge in [0, 0.05) is 57.0 Å². The molecule has 0 aliphatic heterocycles. The minimum Gasteiger partial charge on any atom is -0.309 e. The lowest BCUT2D eigenvalue weighted by atomic mass is 9.99. The van der Waals surface area contributed by atoms with Gasteiger partial charge in [-0.25, -0.2) is 0 Å². The summed E-state index contributed by atoms with van der Waals surface area (Å²) in [7, 11) is 0. The molecule has 0 unspecified atom stereocenters. The van der Waals surface area contributed by atoms with Gasteiger partial charge in [0.05, 0.1) is 11.4 Å². The van der Waals surface area contributed by atoms with Crippen molar-refractivity contribution in [2.24, 2.45) is 0 Å². The maximum Gasteiger partial charge on any atom is 0.0540 e. The van der Waals surface area contributed by atoms with E-state index >= 15 is 0 Å². The van der Waals surface area contributed by atoms with E-state index in [1.165, 1.54) is 67.9 Å². The van der Waals surface area contributed by atoms with E-state index in [0.717, 1.165) is 11.4 Å². The third-order valence-electron chi connectivity index (χ3n) is 8.46. The van der Waals surface area contributed by atoms with Gasteiger partial charge in [0.25, 0.3) is 0 Å². The summed E-state index contributed by atoms with van der Waals surface area (Å²) in [5.74, 6) is 0. The van der Waals surface area contributed by atoms with Crippen LogP contribution in [0.25, 0.3) is 62.2 Å². The zero-order chi connectivity index (χ0) is 28.3. The Kier molecular flexibility index (Phi) is 5.62. The molecule has 0 saturated carbocycles. The van der Waals surface area contributed by atoms with E-state index in [2.05, 4.69) is 157 Å². The number of hydrogen-bond donors (Lipinski definition) is 0. The highest BCUT2D eigenvalue weighted by atomic mass is 32.1. The lowest BCUT2D eigenvalue weighted by Crippen LogP contribution is -2.11. The van der Waals surface area contributed by atoms with Gasteiger partial charge < -0.3 is 4.90 Å². The highest BCUT2D eigenvalue weighted by Gasteiger charge is 2.20. The molecule has 0 aliphatic carbocycles. The summed E-state index contributed by atoms with van der Waals surface area (Å²) in [6.07, 6.45) is 0. The molecule has 1 nitrogen and oxygen atoms in total. The molecule has 0 bridgehead atoms. The molecule has 0 amide bonds.